The lowest BCUT2D eigenvalue weighted by molar-refractivity contribution is -0.144. The molecule has 3 atom stereocenters. The van der Waals surface area contributed by atoms with E-state index >= 15 is 0 Å². The normalized spacial score (nSPS) is 19.3. The zero-order valence-corrected chi connectivity index (χ0v) is 23.5. The number of fused-ring (bicyclic) bond motifs is 1. The first kappa shape index (κ1) is 31.1. The first-order chi connectivity index (χ1) is 17.5. The van der Waals surface area contributed by atoms with Gasteiger partial charge >= 0.3 is 12.1 Å². The summed E-state index contributed by atoms with van der Waals surface area (Å²) in [5, 5.41) is 16.0. The van der Waals surface area contributed by atoms with Crippen molar-refractivity contribution in [3.8, 4) is 0 Å². The van der Waals surface area contributed by atoms with Gasteiger partial charge in [0.25, 0.3) is 11.8 Å². The smallest absolute Gasteiger partial charge is 0.479 e. The molecule has 0 radical (unpaired) electrons. The predicted molar refractivity (Wildman–Crippen MR) is 143 cm³/mol. The molecule has 1 aromatic heterocycles. The summed E-state index contributed by atoms with van der Waals surface area (Å²) in [6.07, 6.45) is -1.99. The summed E-state index contributed by atoms with van der Waals surface area (Å²) in [7, 11) is 0. The van der Waals surface area contributed by atoms with Crippen molar-refractivity contribution >= 4 is 87.6 Å². The summed E-state index contributed by atoms with van der Waals surface area (Å²) in [6.45, 7) is 4.20. The molecule has 0 spiro atoms. The van der Waals surface area contributed by atoms with E-state index in [-0.39, 0.29) is 40.6 Å². The maximum atomic E-state index is 13.1. The number of aromatic nitrogens is 1. The summed E-state index contributed by atoms with van der Waals surface area (Å²) < 4.78 is 15.2. The quantitative estimate of drug-likeness (QED) is 0.0863. The number of carboxylic acids is 1. The first-order valence-corrected chi connectivity index (χ1v) is 13.0. The number of halogens is 1. The summed E-state index contributed by atoms with van der Waals surface area (Å²) in [4.78, 5) is 58.4. The van der Waals surface area contributed by atoms with Crippen molar-refractivity contribution in [3.05, 3.63) is 22.3 Å². The Morgan fingerprint density at radius 2 is 2.11 bits per heavy atom. The van der Waals surface area contributed by atoms with Crippen molar-refractivity contribution in [1.82, 2.24) is 15.2 Å². The Morgan fingerprint density at radius 3 is 2.71 bits per heavy atom. The minimum Gasteiger partial charge on any atom is -0.479 e. The number of hydrogen-bond acceptors (Lipinski definition) is 14. The molecule has 1 saturated heterocycles. The minimum atomic E-state index is -1.29. The lowest BCUT2D eigenvalue weighted by atomic mass is 10.0. The number of hydrogen-bond donors (Lipinski definition) is 3. The van der Waals surface area contributed by atoms with E-state index in [2.05, 4.69) is 15.5 Å². The molecule has 0 aliphatic carbocycles. The molecular weight excluding hydrogens is 586 g/mol. The molecule has 1 aromatic rings. The molecule has 1 fully saturated rings. The van der Waals surface area contributed by atoms with Crippen LogP contribution in [0, 0.1) is 0 Å². The second-order valence-corrected chi connectivity index (χ2v) is 9.81. The van der Waals surface area contributed by atoms with Gasteiger partial charge in [0, 0.05) is 18.1 Å². The molecule has 2 amide bonds. The summed E-state index contributed by atoms with van der Waals surface area (Å²) in [5.41, 5.74) is 6.46. The van der Waals surface area contributed by atoms with Crippen molar-refractivity contribution in [2.45, 2.75) is 38.5 Å². The molecule has 3 heterocycles. The molecule has 0 saturated carbocycles. The maximum Gasteiger partial charge on any atom is 0.511 e. The molecule has 208 valence electrons. The van der Waals surface area contributed by atoms with Gasteiger partial charge in [0.05, 0.1) is 12.3 Å². The second-order valence-electron chi connectivity index (χ2n) is 7.44. The Balaban J connectivity index is 0.00000507. The molecular formula is C20H24ClN5O9S3. The predicted octanol–water partition coefficient (Wildman–Crippen LogP) is 1.49. The number of carbonyl (C=O) groups is 4. The molecule has 3 rings (SSSR count). The molecule has 2 aliphatic rings. The van der Waals surface area contributed by atoms with Gasteiger partial charge < -0.3 is 35.2 Å². The number of thioether (sulfide) groups is 1. The van der Waals surface area contributed by atoms with E-state index in [4.69, 9.17) is 42.1 Å². The van der Waals surface area contributed by atoms with Crippen LogP contribution >= 0.6 is 47.7 Å². The van der Waals surface area contributed by atoms with Crippen LogP contribution in [0.2, 0.25) is 0 Å². The van der Waals surface area contributed by atoms with E-state index < -0.39 is 48.3 Å². The molecule has 2 unspecified atom stereocenters. The summed E-state index contributed by atoms with van der Waals surface area (Å²) in [5.74, 6) is -2.08. The number of carboxylic acid groups (broad SMARTS) is 1. The van der Waals surface area contributed by atoms with Crippen molar-refractivity contribution < 1.29 is 43.3 Å². The van der Waals surface area contributed by atoms with Crippen LogP contribution in [-0.4, -0.2) is 86.4 Å². The molecule has 14 nitrogen and oxygen atoms in total. The average Bonchev–Trinajstić information content (AvgIpc) is 3.25. The number of nitrogens with two attached hydrogens (primary N) is 1. The van der Waals surface area contributed by atoms with E-state index in [0.717, 1.165) is 16.9 Å². The second kappa shape index (κ2) is 13.6. The van der Waals surface area contributed by atoms with Crippen LogP contribution in [0.15, 0.2) is 21.8 Å². The number of nitrogen functional groups attached to an aromatic ring is 1. The number of thiazole rings is 1. The van der Waals surface area contributed by atoms with Crippen molar-refractivity contribution in [2.24, 2.45) is 5.16 Å². The number of β-lactam (4-membered cyclic amide) rings is 1. The number of carbonyl (C=O) groups excluding carboxylic acids is 3. The number of nitrogens with zero attached hydrogens (tertiary/aromatic N) is 3. The van der Waals surface area contributed by atoms with Gasteiger partial charge in [-0.25, -0.2) is 14.6 Å². The van der Waals surface area contributed by atoms with Crippen molar-refractivity contribution in [1.29, 1.82) is 0 Å². The van der Waals surface area contributed by atoms with Gasteiger partial charge in [-0.15, -0.1) is 35.5 Å². The zero-order chi connectivity index (χ0) is 27.3. The molecule has 4 N–H and O–H groups in total. The fraction of sp³-hybridized carbons (Fsp3) is 0.450. The number of rotatable bonds is 10. The summed E-state index contributed by atoms with van der Waals surface area (Å²) >= 11 is 7.80. The van der Waals surface area contributed by atoms with Crippen LogP contribution in [0.1, 0.15) is 26.5 Å². The van der Waals surface area contributed by atoms with E-state index in [0.29, 0.717) is 11.4 Å². The highest BCUT2D eigenvalue weighted by Gasteiger charge is 2.53. The lowest BCUT2D eigenvalue weighted by Crippen LogP contribution is -2.71. The Morgan fingerprint density at radius 1 is 1.39 bits per heavy atom. The van der Waals surface area contributed by atoms with Gasteiger partial charge in [-0.05, 0) is 31.6 Å². The molecule has 0 bridgehead atoms. The van der Waals surface area contributed by atoms with Crippen molar-refractivity contribution in [2.75, 3.05) is 24.7 Å². The Bertz CT molecular complexity index is 1170. The van der Waals surface area contributed by atoms with E-state index in [9.17, 15) is 19.2 Å². The maximum absolute atomic E-state index is 13.1. The van der Waals surface area contributed by atoms with Gasteiger partial charge in [0.15, 0.2) is 10.8 Å². The highest BCUT2D eigenvalue weighted by atomic mass is 35.5. The van der Waals surface area contributed by atoms with Crippen molar-refractivity contribution in [3.63, 3.8) is 0 Å². The van der Waals surface area contributed by atoms with Gasteiger partial charge in [-0.2, -0.15) is 0 Å². The molecule has 18 heteroatoms. The lowest BCUT2D eigenvalue weighted by Gasteiger charge is -2.50. The van der Waals surface area contributed by atoms with Gasteiger partial charge in [-0.1, -0.05) is 5.16 Å². The Labute approximate surface area is 236 Å². The largest absolute Gasteiger partial charge is 0.511 e. The SMILES string of the molecule is CCOC(=O)OC(C)OC(=S)C1=C(C)CS[C@@H]2C(NC(=O)C(=NOCC(=O)O)c3csc(N)n3)C(=O)N12.Cl. The molecule has 38 heavy (non-hydrogen) atoms. The van der Waals surface area contributed by atoms with Gasteiger partial charge in [0.2, 0.25) is 17.9 Å². The number of anilines is 1. The number of amides is 2. The van der Waals surface area contributed by atoms with Crippen LogP contribution in [0.3, 0.4) is 0 Å². The third-order valence-electron chi connectivity index (χ3n) is 4.76. The highest BCUT2D eigenvalue weighted by Crippen LogP contribution is 2.41. The van der Waals surface area contributed by atoms with Gasteiger partial charge in [0.1, 0.15) is 17.1 Å². The summed E-state index contributed by atoms with van der Waals surface area (Å²) in [6, 6.07) is -0.947. The molecule has 2 aliphatic heterocycles. The van der Waals surface area contributed by atoms with Crippen LogP contribution in [0.4, 0.5) is 9.93 Å². The van der Waals surface area contributed by atoms with E-state index in [1.165, 1.54) is 29.0 Å². The standard InChI is InChI=1S/C20H23N5O9S3.ClH/c1-4-31-20(30)34-9(3)33-18(35)14-8(2)6-36-17-13(16(29)25(14)17)23-15(28)12(24-32-5-11(26)27)10-7-37-19(21)22-10;/h7,9,13,17H,4-6H2,1-3H3,(H2,21,22)(H,23,28)(H,26,27);1H/t9?,13?,17-;/m1./s1. The fourth-order valence-corrected chi connectivity index (χ4v) is 5.49. The third kappa shape index (κ3) is 7.24. The minimum absolute atomic E-state index is 0. The fourth-order valence-electron chi connectivity index (χ4n) is 3.24. The number of thiocarbonyl (C=S) groups is 1. The number of ether oxygens (including phenoxy) is 3. The van der Waals surface area contributed by atoms with E-state index in [1.807, 2.05) is 0 Å². The van der Waals surface area contributed by atoms with Crippen LogP contribution in [0.25, 0.3) is 0 Å². The molecule has 0 aromatic carbocycles. The highest BCUT2D eigenvalue weighted by molar-refractivity contribution is 8.00. The topological polar surface area (TPSA) is 192 Å². The average molecular weight is 610 g/mol. The monoisotopic (exact) mass is 609 g/mol. The zero-order valence-electron chi connectivity index (χ0n) is 20.2. The number of nitrogens with one attached hydrogen (secondary N) is 1. The Hall–Kier alpha value is -3.15. The Kier molecular flexibility index (Phi) is 11.1. The number of oxime groups is 1. The van der Waals surface area contributed by atoms with Crippen LogP contribution in [0.5, 0.6) is 0 Å². The van der Waals surface area contributed by atoms with Gasteiger partial charge in [-0.3, -0.25) is 14.5 Å². The number of aliphatic carboxylic acids is 1. The van der Waals surface area contributed by atoms with Crippen LogP contribution in [-0.2, 0) is 33.4 Å². The van der Waals surface area contributed by atoms with E-state index in [1.54, 1.807) is 13.8 Å². The van der Waals surface area contributed by atoms with Crippen LogP contribution < -0.4 is 11.1 Å². The first-order valence-electron chi connectivity index (χ1n) is 10.7. The third-order valence-corrected chi connectivity index (χ3v) is 7.15.